The van der Waals surface area contributed by atoms with Gasteiger partial charge in [0, 0.05) is 17.1 Å². The molecule has 1 N–H and O–H groups in total. The topological polar surface area (TPSA) is 59.2 Å². The SMILES string of the molecule is COC(=O)c1cccc2[nH]cc(C(=O)C(F)(F)F)c12. The van der Waals surface area contributed by atoms with Crippen molar-refractivity contribution in [2.75, 3.05) is 7.11 Å². The van der Waals surface area contributed by atoms with Crippen molar-refractivity contribution in [2.45, 2.75) is 6.18 Å². The maximum Gasteiger partial charge on any atom is 0.454 e. The van der Waals surface area contributed by atoms with Crippen LogP contribution in [0.2, 0.25) is 0 Å². The van der Waals surface area contributed by atoms with Gasteiger partial charge in [-0.2, -0.15) is 13.2 Å². The molecular formula is C12H8F3NO3. The Kier molecular flexibility index (Phi) is 3.05. The lowest BCUT2D eigenvalue weighted by Crippen LogP contribution is -2.22. The number of aromatic nitrogens is 1. The van der Waals surface area contributed by atoms with E-state index < -0.39 is 23.5 Å². The van der Waals surface area contributed by atoms with Gasteiger partial charge in [-0.15, -0.1) is 0 Å². The summed E-state index contributed by atoms with van der Waals surface area (Å²) in [7, 11) is 1.11. The van der Waals surface area contributed by atoms with Crippen LogP contribution in [0.3, 0.4) is 0 Å². The van der Waals surface area contributed by atoms with Crippen molar-refractivity contribution in [3.05, 3.63) is 35.5 Å². The molecule has 0 aliphatic carbocycles. The van der Waals surface area contributed by atoms with Crippen LogP contribution < -0.4 is 0 Å². The van der Waals surface area contributed by atoms with Crippen LogP contribution in [0.25, 0.3) is 10.9 Å². The standard InChI is InChI=1S/C12H8F3NO3/c1-19-11(18)6-3-2-4-8-9(6)7(5-16-8)10(17)12(13,14)15/h2-5,16H,1H3. The zero-order valence-electron chi connectivity index (χ0n) is 9.67. The van der Waals surface area contributed by atoms with Crippen LogP contribution in [0.1, 0.15) is 20.7 Å². The lowest BCUT2D eigenvalue weighted by Gasteiger charge is -2.06. The molecule has 0 radical (unpaired) electrons. The van der Waals surface area contributed by atoms with Crippen molar-refractivity contribution >= 4 is 22.7 Å². The number of carbonyl (C=O) groups excluding carboxylic acids is 2. The van der Waals surface area contributed by atoms with Crippen molar-refractivity contribution in [1.29, 1.82) is 0 Å². The highest BCUT2D eigenvalue weighted by molar-refractivity contribution is 6.16. The Morgan fingerprint density at radius 2 is 1.89 bits per heavy atom. The first-order valence-corrected chi connectivity index (χ1v) is 5.16. The number of H-pyrrole nitrogens is 1. The number of carbonyl (C=O) groups is 2. The molecule has 0 saturated heterocycles. The lowest BCUT2D eigenvalue weighted by molar-refractivity contribution is -0.0884. The van der Waals surface area contributed by atoms with Crippen LogP contribution in [0, 0.1) is 0 Å². The van der Waals surface area contributed by atoms with Gasteiger partial charge in [0.15, 0.2) is 0 Å². The average molecular weight is 271 g/mol. The number of alkyl halides is 3. The fraction of sp³-hybridized carbons (Fsp3) is 0.167. The molecule has 0 amide bonds. The van der Waals surface area contributed by atoms with E-state index in [0.717, 1.165) is 13.3 Å². The van der Waals surface area contributed by atoms with E-state index in [9.17, 15) is 22.8 Å². The molecule has 2 rings (SSSR count). The largest absolute Gasteiger partial charge is 0.465 e. The molecule has 0 unspecified atom stereocenters. The summed E-state index contributed by atoms with van der Waals surface area (Å²) in [6.45, 7) is 0. The van der Waals surface area contributed by atoms with Crippen molar-refractivity contribution in [2.24, 2.45) is 0 Å². The zero-order chi connectivity index (χ0) is 14.2. The van der Waals surface area contributed by atoms with Gasteiger partial charge >= 0.3 is 12.1 Å². The van der Waals surface area contributed by atoms with Gasteiger partial charge in [0.05, 0.1) is 18.2 Å². The number of halogens is 3. The van der Waals surface area contributed by atoms with Gasteiger partial charge in [-0.1, -0.05) is 6.07 Å². The Hall–Kier alpha value is -2.31. The third-order valence-corrected chi connectivity index (χ3v) is 2.61. The summed E-state index contributed by atoms with van der Waals surface area (Å²) >= 11 is 0. The summed E-state index contributed by atoms with van der Waals surface area (Å²) in [5.74, 6) is -2.81. The zero-order valence-corrected chi connectivity index (χ0v) is 9.67. The van der Waals surface area contributed by atoms with Crippen LogP contribution in [0.15, 0.2) is 24.4 Å². The van der Waals surface area contributed by atoms with Gasteiger partial charge in [-0.25, -0.2) is 4.79 Å². The fourth-order valence-electron chi connectivity index (χ4n) is 1.80. The first-order valence-electron chi connectivity index (χ1n) is 5.16. The summed E-state index contributed by atoms with van der Waals surface area (Å²) in [5, 5.41) is -0.0864. The number of hydrogen-bond donors (Lipinski definition) is 1. The number of ketones is 1. The molecular weight excluding hydrogens is 263 g/mol. The molecule has 0 spiro atoms. The number of esters is 1. The van der Waals surface area contributed by atoms with E-state index in [2.05, 4.69) is 9.72 Å². The number of Topliss-reactive ketones (excluding diaryl/α,β-unsaturated/α-hetero) is 1. The van der Waals surface area contributed by atoms with Crippen LogP contribution in [0.4, 0.5) is 13.2 Å². The van der Waals surface area contributed by atoms with E-state index in [1.807, 2.05) is 0 Å². The van der Waals surface area contributed by atoms with Gasteiger partial charge in [0.25, 0.3) is 5.78 Å². The molecule has 19 heavy (non-hydrogen) atoms. The highest BCUT2D eigenvalue weighted by Gasteiger charge is 2.41. The van der Waals surface area contributed by atoms with Crippen molar-refractivity contribution in [3.63, 3.8) is 0 Å². The molecule has 0 fully saturated rings. The summed E-state index contributed by atoms with van der Waals surface area (Å²) in [4.78, 5) is 25.4. The Balaban J connectivity index is 2.71. The van der Waals surface area contributed by atoms with Crippen LogP contribution in [0.5, 0.6) is 0 Å². The molecule has 1 heterocycles. The van der Waals surface area contributed by atoms with E-state index in [1.165, 1.54) is 18.2 Å². The van der Waals surface area contributed by atoms with Crippen molar-refractivity contribution in [3.8, 4) is 0 Å². The molecule has 2 aromatic rings. The monoisotopic (exact) mass is 271 g/mol. The molecule has 7 heteroatoms. The first kappa shape index (κ1) is 13.1. The molecule has 1 aromatic carbocycles. The summed E-state index contributed by atoms with van der Waals surface area (Å²) in [6, 6.07) is 4.25. The van der Waals surface area contributed by atoms with Gasteiger partial charge < -0.3 is 9.72 Å². The second-order valence-corrected chi connectivity index (χ2v) is 3.75. The van der Waals surface area contributed by atoms with E-state index >= 15 is 0 Å². The second-order valence-electron chi connectivity index (χ2n) is 3.75. The van der Waals surface area contributed by atoms with E-state index in [1.54, 1.807) is 0 Å². The van der Waals surface area contributed by atoms with Crippen LogP contribution >= 0.6 is 0 Å². The number of nitrogens with one attached hydrogen (secondary N) is 1. The Morgan fingerprint density at radius 3 is 2.47 bits per heavy atom. The minimum Gasteiger partial charge on any atom is -0.465 e. The minimum absolute atomic E-state index is 0.0864. The number of rotatable bonds is 2. The molecule has 0 aliphatic rings. The molecule has 100 valence electrons. The van der Waals surface area contributed by atoms with Gasteiger partial charge in [-0.3, -0.25) is 4.79 Å². The van der Waals surface area contributed by atoms with E-state index in [4.69, 9.17) is 0 Å². The number of methoxy groups -OCH3 is 1. The molecule has 1 aromatic heterocycles. The molecule has 0 aliphatic heterocycles. The highest BCUT2D eigenvalue weighted by atomic mass is 19.4. The number of fused-ring (bicyclic) bond motifs is 1. The smallest absolute Gasteiger partial charge is 0.454 e. The predicted molar refractivity (Wildman–Crippen MR) is 60.0 cm³/mol. The van der Waals surface area contributed by atoms with Gasteiger partial charge in [-0.05, 0) is 12.1 Å². The fourth-order valence-corrected chi connectivity index (χ4v) is 1.80. The quantitative estimate of drug-likeness (QED) is 0.674. The molecule has 0 saturated carbocycles. The van der Waals surface area contributed by atoms with Crippen LogP contribution in [-0.4, -0.2) is 30.0 Å². The average Bonchev–Trinajstić information content (AvgIpc) is 2.79. The normalized spacial score (nSPS) is 11.6. The van der Waals surface area contributed by atoms with Crippen molar-refractivity contribution < 1.29 is 27.5 Å². The predicted octanol–water partition coefficient (Wildman–Crippen LogP) is 2.70. The third-order valence-electron chi connectivity index (χ3n) is 2.61. The summed E-state index contributed by atoms with van der Waals surface area (Å²) in [5.41, 5.74) is -0.423. The number of ether oxygens (including phenoxy) is 1. The lowest BCUT2D eigenvalue weighted by atomic mass is 10.0. The maximum atomic E-state index is 12.5. The van der Waals surface area contributed by atoms with Gasteiger partial charge in [0.1, 0.15) is 0 Å². The number of benzene rings is 1. The Labute approximate surface area is 105 Å². The maximum absolute atomic E-state index is 12.5. The van der Waals surface area contributed by atoms with Crippen LogP contribution in [-0.2, 0) is 4.74 Å². The second kappa shape index (κ2) is 4.42. The minimum atomic E-state index is -5.00. The molecule has 0 atom stereocenters. The van der Waals surface area contributed by atoms with Gasteiger partial charge in [0.2, 0.25) is 0 Å². The van der Waals surface area contributed by atoms with Crippen molar-refractivity contribution in [1.82, 2.24) is 4.98 Å². The Morgan fingerprint density at radius 1 is 1.21 bits per heavy atom. The molecule has 0 bridgehead atoms. The molecule has 4 nitrogen and oxygen atoms in total. The summed E-state index contributed by atoms with van der Waals surface area (Å²) in [6.07, 6.45) is -4.06. The number of hydrogen-bond acceptors (Lipinski definition) is 3. The number of aromatic amines is 1. The van der Waals surface area contributed by atoms with E-state index in [-0.39, 0.29) is 16.5 Å². The summed E-state index contributed by atoms with van der Waals surface area (Å²) < 4.78 is 41.9. The Bertz CT molecular complexity index is 658. The third kappa shape index (κ3) is 2.18. The first-order chi connectivity index (χ1) is 8.86. The van der Waals surface area contributed by atoms with E-state index in [0.29, 0.717) is 0 Å². The highest BCUT2D eigenvalue weighted by Crippen LogP contribution is 2.29.